The second-order valence-corrected chi connectivity index (χ2v) is 4.45. The molecular weight excluding hydrogens is 222 g/mol. The maximum absolute atomic E-state index is 5.73. The molecule has 1 atom stereocenters. The minimum atomic E-state index is -0.00597. The lowest BCUT2D eigenvalue weighted by Crippen LogP contribution is -2.29. The Morgan fingerprint density at radius 1 is 1.28 bits per heavy atom. The monoisotopic (exact) mass is 241 g/mol. The molecule has 3 heteroatoms. The molecule has 1 heterocycles. The highest BCUT2D eigenvalue weighted by atomic mass is 15.2. The number of hydrazine groups is 1. The average molecular weight is 241 g/mol. The first-order chi connectivity index (χ1) is 8.76. The molecule has 94 valence electrons. The van der Waals surface area contributed by atoms with E-state index in [1.54, 1.807) is 0 Å². The summed E-state index contributed by atoms with van der Waals surface area (Å²) in [5.41, 5.74) is 7.66. The number of hydrogen-bond acceptors (Lipinski definition) is 3. The van der Waals surface area contributed by atoms with Crippen molar-refractivity contribution in [2.24, 2.45) is 5.84 Å². The lowest BCUT2D eigenvalue weighted by molar-refractivity contribution is 0.628. The van der Waals surface area contributed by atoms with E-state index in [0.29, 0.717) is 0 Å². The molecule has 2 rings (SSSR count). The third-order valence-corrected chi connectivity index (χ3v) is 3.14. The maximum Gasteiger partial charge on any atom is 0.0727 e. The Morgan fingerprint density at radius 2 is 2.06 bits per heavy atom. The van der Waals surface area contributed by atoms with Crippen molar-refractivity contribution >= 4 is 0 Å². The van der Waals surface area contributed by atoms with Gasteiger partial charge in [-0.1, -0.05) is 37.3 Å². The molecule has 0 aliphatic rings. The van der Waals surface area contributed by atoms with Crippen LogP contribution in [0.25, 0.3) is 0 Å². The summed E-state index contributed by atoms with van der Waals surface area (Å²) >= 11 is 0. The normalized spacial score (nSPS) is 12.4. The van der Waals surface area contributed by atoms with Crippen molar-refractivity contribution in [1.29, 1.82) is 0 Å². The molecule has 0 spiro atoms. The second-order valence-electron chi connectivity index (χ2n) is 4.45. The summed E-state index contributed by atoms with van der Waals surface area (Å²) in [5, 5.41) is 0. The molecule has 0 saturated carbocycles. The van der Waals surface area contributed by atoms with Gasteiger partial charge in [0.1, 0.15) is 0 Å². The fraction of sp³-hybridized carbons (Fsp3) is 0.267. The molecule has 0 radical (unpaired) electrons. The van der Waals surface area contributed by atoms with Gasteiger partial charge in [-0.15, -0.1) is 0 Å². The Bertz CT molecular complexity index is 523. The van der Waals surface area contributed by atoms with E-state index < -0.39 is 0 Å². The van der Waals surface area contributed by atoms with Crippen molar-refractivity contribution in [1.82, 2.24) is 10.4 Å². The number of aromatic nitrogens is 1. The van der Waals surface area contributed by atoms with Gasteiger partial charge >= 0.3 is 0 Å². The Kier molecular flexibility index (Phi) is 4.07. The van der Waals surface area contributed by atoms with Crippen LogP contribution >= 0.6 is 0 Å². The standard InChI is InChI=1S/C15H19N3/c1-3-12-6-4-5-7-14(12)15(18-16)13-8-11(2)9-17-10-13/h4-10,15,18H,3,16H2,1-2H3. The molecule has 1 unspecified atom stereocenters. The van der Waals surface area contributed by atoms with Crippen molar-refractivity contribution in [3.05, 3.63) is 65.0 Å². The van der Waals surface area contributed by atoms with Gasteiger partial charge in [0.25, 0.3) is 0 Å². The molecule has 3 N–H and O–H groups in total. The van der Waals surface area contributed by atoms with E-state index in [1.165, 1.54) is 11.1 Å². The summed E-state index contributed by atoms with van der Waals surface area (Å²) in [6, 6.07) is 10.5. The number of aryl methyl sites for hydroxylation is 2. The van der Waals surface area contributed by atoms with Gasteiger partial charge in [0.05, 0.1) is 6.04 Å². The van der Waals surface area contributed by atoms with Crippen LogP contribution in [0.4, 0.5) is 0 Å². The van der Waals surface area contributed by atoms with Crippen LogP contribution in [0.1, 0.15) is 35.2 Å². The molecule has 0 aliphatic heterocycles. The molecule has 2 aromatic rings. The summed E-state index contributed by atoms with van der Waals surface area (Å²) < 4.78 is 0. The highest BCUT2D eigenvalue weighted by Gasteiger charge is 2.15. The number of benzene rings is 1. The molecule has 1 aromatic heterocycles. The molecule has 18 heavy (non-hydrogen) atoms. The fourth-order valence-electron chi connectivity index (χ4n) is 2.24. The Hall–Kier alpha value is -1.71. The number of hydrogen-bond donors (Lipinski definition) is 2. The van der Waals surface area contributed by atoms with E-state index >= 15 is 0 Å². The summed E-state index contributed by atoms with van der Waals surface area (Å²) in [6.07, 6.45) is 4.71. The summed E-state index contributed by atoms with van der Waals surface area (Å²) in [6.45, 7) is 4.19. The number of rotatable bonds is 4. The molecule has 0 bridgehead atoms. The van der Waals surface area contributed by atoms with Crippen LogP contribution in [0.2, 0.25) is 0 Å². The first-order valence-electron chi connectivity index (χ1n) is 6.21. The van der Waals surface area contributed by atoms with Crippen LogP contribution < -0.4 is 11.3 Å². The zero-order valence-electron chi connectivity index (χ0n) is 10.9. The Balaban J connectivity index is 2.45. The van der Waals surface area contributed by atoms with Crippen LogP contribution in [0.5, 0.6) is 0 Å². The van der Waals surface area contributed by atoms with Crippen molar-refractivity contribution in [3.8, 4) is 0 Å². The van der Waals surface area contributed by atoms with Gasteiger partial charge in [-0.25, -0.2) is 5.43 Å². The number of nitrogens with one attached hydrogen (secondary N) is 1. The number of pyridine rings is 1. The van der Waals surface area contributed by atoms with Crippen LogP contribution in [0.3, 0.4) is 0 Å². The lowest BCUT2D eigenvalue weighted by Gasteiger charge is -2.19. The van der Waals surface area contributed by atoms with E-state index in [1.807, 2.05) is 25.4 Å². The van der Waals surface area contributed by atoms with Gasteiger partial charge in [-0.2, -0.15) is 0 Å². The zero-order valence-corrected chi connectivity index (χ0v) is 10.9. The predicted octanol–water partition coefficient (Wildman–Crippen LogP) is 2.51. The third kappa shape index (κ3) is 2.58. The second kappa shape index (κ2) is 5.76. The molecule has 1 aromatic carbocycles. The van der Waals surface area contributed by atoms with Crippen LogP contribution in [0, 0.1) is 6.92 Å². The third-order valence-electron chi connectivity index (χ3n) is 3.14. The number of nitrogens with zero attached hydrogens (tertiary/aromatic N) is 1. The molecular formula is C15H19N3. The van der Waals surface area contributed by atoms with Gasteiger partial charge in [0.15, 0.2) is 0 Å². The van der Waals surface area contributed by atoms with E-state index in [9.17, 15) is 0 Å². The van der Waals surface area contributed by atoms with E-state index in [4.69, 9.17) is 5.84 Å². The highest BCUT2D eigenvalue weighted by Crippen LogP contribution is 2.24. The molecule has 0 fully saturated rings. The highest BCUT2D eigenvalue weighted by molar-refractivity contribution is 5.37. The van der Waals surface area contributed by atoms with Crippen molar-refractivity contribution in [2.45, 2.75) is 26.3 Å². The Labute approximate surface area is 108 Å². The number of nitrogens with two attached hydrogens (primary N) is 1. The Morgan fingerprint density at radius 3 is 2.72 bits per heavy atom. The molecule has 3 nitrogen and oxygen atoms in total. The maximum atomic E-state index is 5.73. The van der Waals surface area contributed by atoms with Crippen molar-refractivity contribution in [3.63, 3.8) is 0 Å². The first kappa shape index (κ1) is 12.7. The van der Waals surface area contributed by atoms with Gasteiger partial charge in [-0.3, -0.25) is 10.8 Å². The topological polar surface area (TPSA) is 50.9 Å². The minimum Gasteiger partial charge on any atom is -0.271 e. The zero-order chi connectivity index (χ0) is 13.0. The van der Waals surface area contributed by atoms with Gasteiger partial charge < -0.3 is 0 Å². The van der Waals surface area contributed by atoms with Crippen molar-refractivity contribution in [2.75, 3.05) is 0 Å². The summed E-state index contributed by atoms with van der Waals surface area (Å²) in [5.74, 6) is 5.73. The van der Waals surface area contributed by atoms with Crippen LogP contribution in [0.15, 0.2) is 42.7 Å². The average Bonchev–Trinajstić information content (AvgIpc) is 2.40. The first-order valence-corrected chi connectivity index (χ1v) is 6.21. The lowest BCUT2D eigenvalue weighted by atomic mass is 9.94. The van der Waals surface area contributed by atoms with Crippen LogP contribution in [-0.2, 0) is 6.42 Å². The van der Waals surface area contributed by atoms with Crippen LogP contribution in [-0.4, -0.2) is 4.98 Å². The van der Waals surface area contributed by atoms with Gasteiger partial charge in [-0.05, 0) is 35.6 Å². The SMILES string of the molecule is CCc1ccccc1C(NN)c1cncc(C)c1. The fourth-order valence-corrected chi connectivity index (χ4v) is 2.24. The smallest absolute Gasteiger partial charge is 0.0727 e. The summed E-state index contributed by atoms with van der Waals surface area (Å²) in [7, 11) is 0. The van der Waals surface area contributed by atoms with Gasteiger partial charge in [0, 0.05) is 12.4 Å². The molecule has 0 aliphatic carbocycles. The predicted molar refractivity (Wildman–Crippen MR) is 74.0 cm³/mol. The quantitative estimate of drug-likeness (QED) is 0.639. The largest absolute Gasteiger partial charge is 0.271 e. The van der Waals surface area contributed by atoms with E-state index in [2.05, 4.69) is 41.6 Å². The van der Waals surface area contributed by atoms with Gasteiger partial charge in [0.2, 0.25) is 0 Å². The summed E-state index contributed by atoms with van der Waals surface area (Å²) in [4.78, 5) is 4.24. The molecule has 0 saturated heterocycles. The molecule has 0 amide bonds. The van der Waals surface area contributed by atoms with Crippen molar-refractivity contribution < 1.29 is 0 Å². The minimum absolute atomic E-state index is 0.00597. The van der Waals surface area contributed by atoms with E-state index in [-0.39, 0.29) is 6.04 Å². The van der Waals surface area contributed by atoms with E-state index in [0.717, 1.165) is 17.5 Å².